The lowest BCUT2D eigenvalue weighted by molar-refractivity contribution is -0.142. The molecule has 1 N–H and O–H groups in total. The van der Waals surface area contributed by atoms with Crippen LogP contribution in [0.3, 0.4) is 0 Å². The van der Waals surface area contributed by atoms with Crippen molar-refractivity contribution in [3.05, 3.63) is 59.2 Å². The number of carbonyl (C=O) groups excluding carboxylic acids is 2. The van der Waals surface area contributed by atoms with E-state index < -0.39 is 12.0 Å². The number of aryl methyl sites for hydroxylation is 1. The van der Waals surface area contributed by atoms with Crippen molar-refractivity contribution in [3.63, 3.8) is 0 Å². The number of ether oxygens (including phenoxy) is 1. The molecule has 0 aromatic heterocycles. The lowest BCUT2D eigenvalue weighted by Gasteiger charge is -2.28. The van der Waals surface area contributed by atoms with Gasteiger partial charge in [0.25, 0.3) is 5.91 Å². The molecule has 0 saturated heterocycles. The topological polar surface area (TPSA) is 61.9 Å². The minimum atomic E-state index is -0.671. The van der Waals surface area contributed by atoms with Gasteiger partial charge in [0.1, 0.15) is 6.04 Å². The highest BCUT2D eigenvalue weighted by molar-refractivity contribution is 7.98. The van der Waals surface area contributed by atoms with Crippen LogP contribution in [0.25, 0.3) is 11.1 Å². The Morgan fingerprint density at radius 2 is 1.77 bits per heavy atom. The second-order valence-electron chi connectivity index (χ2n) is 11.4. The number of hydrogen-bond donors (Lipinski definition) is 1. The summed E-state index contributed by atoms with van der Waals surface area (Å²) < 4.78 is 4.98. The van der Waals surface area contributed by atoms with Gasteiger partial charge in [0.15, 0.2) is 0 Å². The summed E-state index contributed by atoms with van der Waals surface area (Å²) >= 11 is 1.64. The van der Waals surface area contributed by atoms with Crippen LogP contribution < -0.4 is 5.32 Å². The molecule has 1 saturated carbocycles. The zero-order valence-corrected chi connectivity index (χ0v) is 26.0. The molecule has 40 heavy (non-hydrogen) atoms. The van der Waals surface area contributed by atoms with Crippen LogP contribution in [0.2, 0.25) is 0 Å². The van der Waals surface area contributed by atoms with Crippen molar-refractivity contribution in [2.45, 2.75) is 64.5 Å². The molecule has 6 nitrogen and oxygen atoms in total. The van der Waals surface area contributed by atoms with E-state index >= 15 is 0 Å². The van der Waals surface area contributed by atoms with Crippen molar-refractivity contribution < 1.29 is 14.3 Å². The lowest BCUT2D eigenvalue weighted by Crippen LogP contribution is -2.42. The number of nitrogens with zero attached hydrogens (tertiary/aromatic N) is 2. The summed E-state index contributed by atoms with van der Waals surface area (Å²) in [7, 11) is 5.62. The summed E-state index contributed by atoms with van der Waals surface area (Å²) in [5, 5.41) is 2.96. The van der Waals surface area contributed by atoms with E-state index in [0.29, 0.717) is 12.0 Å². The molecule has 2 aromatic carbocycles. The van der Waals surface area contributed by atoms with Gasteiger partial charge >= 0.3 is 5.97 Å². The Kier molecular flexibility index (Phi) is 13.5. The number of carbonyl (C=O) groups is 2. The van der Waals surface area contributed by atoms with Gasteiger partial charge in [0.2, 0.25) is 0 Å². The van der Waals surface area contributed by atoms with Gasteiger partial charge in [0.05, 0.1) is 7.11 Å². The minimum Gasteiger partial charge on any atom is -0.467 e. The van der Waals surface area contributed by atoms with E-state index in [1.54, 1.807) is 11.8 Å². The Balaban J connectivity index is 1.87. The number of amides is 1. The van der Waals surface area contributed by atoms with Crippen LogP contribution in [0.5, 0.6) is 0 Å². The van der Waals surface area contributed by atoms with Crippen molar-refractivity contribution >= 4 is 23.6 Å². The molecule has 1 atom stereocenters. The van der Waals surface area contributed by atoms with Crippen LogP contribution in [0.15, 0.2) is 42.5 Å². The lowest BCUT2D eigenvalue weighted by atomic mass is 9.87. The monoisotopic (exact) mass is 567 g/mol. The molecule has 7 heteroatoms. The smallest absolute Gasteiger partial charge is 0.328 e. The van der Waals surface area contributed by atoms with Crippen molar-refractivity contribution in [2.75, 3.05) is 52.8 Å². The number of nitrogens with one attached hydrogen (secondary N) is 1. The largest absolute Gasteiger partial charge is 0.467 e. The summed E-state index contributed by atoms with van der Waals surface area (Å²) in [6.45, 7) is 6.04. The molecule has 0 heterocycles. The maximum Gasteiger partial charge on any atom is 0.328 e. The molecule has 0 aliphatic heterocycles. The van der Waals surface area contributed by atoms with Gasteiger partial charge in [-0.25, -0.2) is 4.79 Å². The molecule has 1 unspecified atom stereocenters. The standard InChI is InChI=1S/C33H49N3O3S/c1-25-11-9-10-14-28(25)30-23-27(15-16-29(30)32(37)34-31(18-22-40-5)33(38)39-4)24-36(21-20-35(2)3)19-17-26-12-7-6-8-13-26/h9-11,14-16,23,26,31H,6-8,12-13,17-22,24H2,1-5H3,(H,34,37). The number of methoxy groups -OCH3 is 1. The summed E-state index contributed by atoms with van der Waals surface area (Å²) in [5.41, 5.74) is 4.83. The first kappa shape index (κ1) is 32.2. The van der Waals surface area contributed by atoms with Crippen LogP contribution in [0.4, 0.5) is 0 Å². The number of hydrogen-bond acceptors (Lipinski definition) is 6. The van der Waals surface area contributed by atoms with Gasteiger partial charge in [-0.05, 0) is 92.7 Å². The molecule has 1 aliphatic rings. The molecule has 3 rings (SSSR count). The van der Waals surface area contributed by atoms with Gasteiger partial charge in [-0.1, -0.05) is 62.4 Å². The van der Waals surface area contributed by atoms with Crippen LogP contribution in [0, 0.1) is 12.8 Å². The van der Waals surface area contributed by atoms with Gasteiger partial charge in [0, 0.05) is 25.2 Å². The van der Waals surface area contributed by atoms with E-state index in [1.807, 2.05) is 24.5 Å². The van der Waals surface area contributed by atoms with Crippen LogP contribution >= 0.6 is 11.8 Å². The van der Waals surface area contributed by atoms with Crippen molar-refractivity contribution in [3.8, 4) is 11.1 Å². The zero-order valence-electron chi connectivity index (χ0n) is 25.2. The fraction of sp³-hybridized carbons (Fsp3) is 0.576. The van der Waals surface area contributed by atoms with Crippen molar-refractivity contribution in [2.24, 2.45) is 5.92 Å². The third-order valence-corrected chi connectivity index (χ3v) is 8.66. The summed E-state index contributed by atoms with van der Waals surface area (Å²) in [4.78, 5) is 30.8. The third kappa shape index (κ3) is 9.93. The highest BCUT2D eigenvalue weighted by atomic mass is 32.2. The summed E-state index contributed by atoms with van der Waals surface area (Å²) in [5.74, 6) is 0.944. The van der Waals surface area contributed by atoms with Gasteiger partial charge in [-0.15, -0.1) is 0 Å². The number of rotatable bonds is 15. The molecule has 0 radical (unpaired) electrons. The first-order chi connectivity index (χ1) is 19.3. The summed E-state index contributed by atoms with van der Waals surface area (Å²) in [6.07, 6.45) is 10.6. The van der Waals surface area contributed by atoms with Crippen LogP contribution in [-0.4, -0.2) is 80.6 Å². The van der Waals surface area contributed by atoms with Crippen LogP contribution in [0.1, 0.15) is 66.4 Å². The Bertz CT molecular complexity index is 1080. The number of likely N-dealkylation sites (N-methyl/N-ethyl adjacent to an activating group) is 1. The zero-order chi connectivity index (χ0) is 28.9. The maximum absolute atomic E-state index is 13.6. The Labute approximate surface area is 246 Å². The Hall–Kier alpha value is -2.35. The first-order valence-corrected chi connectivity index (χ1v) is 16.2. The van der Waals surface area contributed by atoms with Crippen LogP contribution in [-0.2, 0) is 16.1 Å². The van der Waals surface area contributed by atoms with E-state index in [1.165, 1.54) is 51.2 Å². The quantitative estimate of drug-likeness (QED) is 0.266. The Morgan fingerprint density at radius 1 is 1.02 bits per heavy atom. The molecule has 1 aliphatic carbocycles. The number of esters is 1. The first-order valence-electron chi connectivity index (χ1n) is 14.8. The molecule has 0 spiro atoms. The average molecular weight is 568 g/mol. The van der Waals surface area contributed by atoms with E-state index in [0.717, 1.165) is 54.5 Å². The van der Waals surface area contributed by atoms with Gasteiger partial charge < -0.3 is 15.0 Å². The molecule has 220 valence electrons. The van der Waals surface area contributed by atoms with E-state index in [2.05, 4.69) is 60.4 Å². The highest BCUT2D eigenvalue weighted by Gasteiger charge is 2.24. The predicted octanol–water partition coefficient (Wildman–Crippen LogP) is 6.02. The number of benzene rings is 2. The second-order valence-corrected chi connectivity index (χ2v) is 12.4. The highest BCUT2D eigenvalue weighted by Crippen LogP contribution is 2.30. The Morgan fingerprint density at radius 3 is 2.45 bits per heavy atom. The van der Waals surface area contributed by atoms with Crippen molar-refractivity contribution in [1.82, 2.24) is 15.1 Å². The van der Waals surface area contributed by atoms with E-state index in [4.69, 9.17) is 4.74 Å². The fourth-order valence-corrected chi connectivity index (χ4v) is 6.03. The molecule has 1 amide bonds. The second kappa shape index (κ2) is 16.8. The van der Waals surface area contributed by atoms with E-state index in [9.17, 15) is 9.59 Å². The van der Waals surface area contributed by atoms with E-state index in [-0.39, 0.29) is 5.91 Å². The van der Waals surface area contributed by atoms with Gasteiger partial charge in [-0.3, -0.25) is 9.69 Å². The molecular weight excluding hydrogens is 518 g/mol. The van der Waals surface area contributed by atoms with Gasteiger partial charge in [-0.2, -0.15) is 11.8 Å². The number of thioether (sulfide) groups is 1. The fourth-order valence-electron chi connectivity index (χ4n) is 5.56. The normalized spacial score (nSPS) is 14.9. The summed E-state index contributed by atoms with van der Waals surface area (Å²) in [6, 6.07) is 13.7. The molecule has 0 bridgehead atoms. The maximum atomic E-state index is 13.6. The SMILES string of the molecule is COC(=O)C(CCSC)NC(=O)c1ccc(CN(CCC2CCCCC2)CCN(C)C)cc1-c1ccccc1C. The molecule has 2 aromatic rings. The molecular formula is C33H49N3O3S. The van der Waals surface area contributed by atoms with Crippen molar-refractivity contribution in [1.29, 1.82) is 0 Å². The third-order valence-electron chi connectivity index (χ3n) is 8.01. The predicted molar refractivity (Wildman–Crippen MR) is 168 cm³/mol. The molecule has 1 fully saturated rings. The minimum absolute atomic E-state index is 0.247. The average Bonchev–Trinajstić information content (AvgIpc) is 2.96.